The number of nitrogens with zero attached hydrogens (tertiary/aromatic N) is 3. The highest BCUT2D eigenvalue weighted by Gasteiger charge is 2.24. The number of nitrogens with two attached hydrogens (primary N) is 1. The molecule has 1 saturated heterocycles. The predicted molar refractivity (Wildman–Crippen MR) is 80.2 cm³/mol. The molecule has 0 aromatic carbocycles. The second-order valence-corrected chi connectivity index (χ2v) is 8.26. The Labute approximate surface area is 125 Å². The Bertz CT molecular complexity index is 559. The summed E-state index contributed by atoms with van der Waals surface area (Å²) >= 11 is 4.87. The molecule has 2 N–H and O–H groups in total. The first-order chi connectivity index (χ1) is 8.86. The zero-order valence-corrected chi connectivity index (χ0v) is 13.6. The van der Waals surface area contributed by atoms with Crippen LogP contribution in [0, 0.1) is 0 Å². The predicted octanol–water partition coefficient (Wildman–Crippen LogP) is 1.01. The van der Waals surface area contributed by atoms with Crippen LogP contribution < -0.4 is 5.73 Å². The summed E-state index contributed by atoms with van der Waals surface area (Å²) in [4.78, 5) is 4.95. The normalized spacial score (nSPS) is 18.6. The van der Waals surface area contributed by atoms with Gasteiger partial charge in [-0.3, -0.25) is 0 Å². The number of hydrogen-bond acceptors (Lipinski definition) is 6. The number of halogens is 1. The molecule has 2 heterocycles. The average molecular weight is 367 g/mol. The van der Waals surface area contributed by atoms with E-state index in [0.29, 0.717) is 32.0 Å². The third-order valence-electron chi connectivity index (χ3n) is 2.74. The summed E-state index contributed by atoms with van der Waals surface area (Å²) in [6.07, 6.45) is 2.90. The number of rotatable bonds is 3. The lowest BCUT2D eigenvalue weighted by molar-refractivity contribution is 0.290. The summed E-state index contributed by atoms with van der Waals surface area (Å²) in [5.74, 6) is 0.485. The lowest BCUT2D eigenvalue weighted by Gasteiger charge is -2.32. The molecule has 1 aromatic heterocycles. The Kier molecular flexibility index (Phi) is 4.72. The summed E-state index contributed by atoms with van der Waals surface area (Å²) < 4.78 is 27.3. The summed E-state index contributed by atoms with van der Waals surface area (Å²) in [5, 5.41) is 0. The van der Waals surface area contributed by atoms with E-state index < -0.39 is 10.0 Å². The van der Waals surface area contributed by atoms with Crippen molar-refractivity contribution in [2.45, 2.75) is 4.90 Å². The maximum atomic E-state index is 11.4. The van der Waals surface area contributed by atoms with Gasteiger partial charge in [0.15, 0.2) is 0 Å². The molecule has 0 spiro atoms. The molecule has 0 bridgehead atoms. The van der Waals surface area contributed by atoms with E-state index >= 15 is 0 Å². The summed E-state index contributed by atoms with van der Waals surface area (Å²) in [5.41, 5.74) is 5.82. The van der Waals surface area contributed by atoms with Crippen molar-refractivity contribution < 1.29 is 8.42 Å². The number of anilines is 1. The van der Waals surface area contributed by atoms with Crippen LogP contribution in [0.25, 0.3) is 0 Å². The van der Waals surface area contributed by atoms with Crippen molar-refractivity contribution in [2.75, 3.05) is 38.2 Å². The van der Waals surface area contributed by atoms with Gasteiger partial charge in [0.05, 0.1) is 11.2 Å². The second-order valence-electron chi connectivity index (χ2n) is 4.22. The minimum Gasteiger partial charge on any atom is -0.383 e. The molecule has 0 amide bonds. The van der Waals surface area contributed by atoms with Gasteiger partial charge in [-0.25, -0.2) is 17.7 Å². The Balaban J connectivity index is 1.98. The van der Waals surface area contributed by atoms with Crippen LogP contribution in [0.3, 0.4) is 0 Å². The molecular weight excluding hydrogens is 352 g/mol. The first-order valence-electron chi connectivity index (χ1n) is 5.65. The van der Waals surface area contributed by atoms with E-state index in [9.17, 15) is 8.42 Å². The standard InChI is InChI=1S/C10H15BrN4O2S2/c1-19(16,17)15-4-2-14(3-5-15)18-9-6-8(11)7-13-10(9)12/h6-7H,2-5H2,1H3,(H2,12,13). The topological polar surface area (TPSA) is 79.5 Å². The van der Waals surface area contributed by atoms with Crippen molar-refractivity contribution >= 4 is 43.7 Å². The van der Waals surface area contributed by atoms with Crippen LogP contribution in [0.1, 0.15) is 0 Å². The van der Waals surface area contributed by atoms with E-state index in [2.05, 4.69) is 25.2 Å². The fourth-order valence-corrected chi connectivity index (χ4v) is 4.00. The summed E-state index contributed by atoms with van der Waals surface area (Å²) in [7, 11) is -3.08. The van der Waals surface area contributed by atoms with Gasteiger partial charge in [0.2, 0.25) is 10.0 Å². The van der Waals surface area contributed by atoms with Crippen LogP contribution in [0.4, 0.5) is 5.82 Å². The van der Waals surface area contributed by atoms with Gasteiger partial charge in [-0.1, -0.05) is 0 Å². The van der Waals surface area contributed by atoms with Gasteiger partial charge in [-0.2, -0.15) is 4.31 Å². The monoisotopic (exact) mass is 366 g/mol. The number of nitrogen functional groups attached to an aromatic ring is 1. The molecule has 0 saturated carbocycles. The Morgan fingerprint density at radius 1 is 1.37 bits per heavy atom. The SMILES string of the molecule is CS(=O)(=O)N1CCN(Sc2cc(Br)cnc2N)CC1. The van der Waals surface area contributed by atoms with E-state index in [4.69, 9.17) is 5.73 Å². The van der Waals surface area contributed by atoms with Crippen LogP contribution in [-0.4, -0.2) is 54.4 Å². The van der Waals surface area contributed by atoms with Crippen LogP contribution >= 0.6 is 27.9 Å². The molecule has 9 heteroatoms. The minimum atomic E-state index is -3.08. The number of pyridine rings is 1. The first kappa shape index (κ1) is 15.0. The lowest BCUT2D eigenvalue weighted by Crippen LogP contribution is -2.45. The third-order valence-corrected chi connectivity index (χ3v) is 5.63. The molecule has 1 aromatic rings. The molecular formula is C10H15BrN4O2S2. The van der Waals surface area contributed by atoms with Crippen molar-refractivity contribution in [3.8, 4) is 0 Å². The Morgan fingerprint density at radius 2 is 2.00 bits per heavy atom. The van der Waals surface area contributed by atoms with E-state index in [1.807, 2.05) is 6.07 Å². The van der Waals surface area contributed by atoms with Crippen LogP contribution in [0.2, 0.25) is 0 Å². The van der Waals surface area contributed by atoms with Gasteiger partial charge in [0.1, 0.15) is 5.82 Å². The van der Waals surface area contributed by atoms with Gasteiger partial charge in [-0.15, -0.1) is 0 Å². The van der Waals surface area contributed by atoms with E-state index in [1.165, 1.54) is 22.5 Å². The molecule has 19 heavy (non-hydrogen) atoms. The average Bonchev–Trinajstić information content (AvgIpc) is 2.33. The third kappa shape index (κ3) is 4.06. The quantitative estimate of drug-likeness (QED) is 0.804. The zero-order chi connectivity index (χ0) is 14.0. The number of piperazine rings is 1. The molecule has 2 rings (SSSR count). The number of sulfonamides is 1. The highest BCUT2D eigenvalue weighted by atomic mass is 79.9. The zero-order valence-electron chi connectivity index (χ0n) is 10.4. The highest BCUT2D eigenvalue weighted by Crippen LogP contribution is 2.30. The van der Waals surface area contributed by atoms with Crippen LogP contribution in [0.5, 0.6) is 0 Å². The smallest absolute Gasteiger partial charge is 0.211 e. The van der Waals surface area contributed by atoms with Crippen LogP contribution in [0.15, 0.2) is 21.6 Å². The maximum absolute atomic E-state index is 11.4. The number of aromatic nitrogens is 1. The van der Waals surface area contributed by atoms with Gasteiger partial charge >= 0.3 is 0 Å². The molecule has 1 fully saturated rings. The fourth-order valence-electron chi connectivity index (χ4n) is 1.74. The molecule has 1 aliphatic rings. The Morgan fingerprint density at radius 3 is 2.58 bits per heavy atom. The lowest BCUT2D eigenvalue weighted by atomic mass is 10.4. The van der Waals surface area contributed by atoms with E-state index in [-0.39, 0.29) is 0 Å². The highest BCUT2D eigenvalue weighted by molar-refractivity contribution is 9.10. The summed E-state index contributed by atoms with van der Waals surface area (Å²) in [6, 6.07) is 1.91. The maximum Gasteiger partial charge on any atom is 0.211 e. The van der Waals surface area contributed by atoms with Crippen LogP contribution in [-0.2, 0) is 10.0 Å². The van der Waals surface area contributed by atoms with Gasteiger partial charge < -0.3 is 5.73 Å². The molecule has 6 nitrogen and oxygen atoms in total. The Hall–Kier alpha value is -0.350. The molecule has 0 atom stereocenters. The van der Waals surface area contributed by atoms with Crippen molar-refractivity contribution in [3.63, 3.8) is 0 Å². The fraction of sp³-hybridized carbons (Fsp3) is 0.500. The first-order valence-corrected chi connectivity index (χ1v) is 9.07. The van der Waals surface area contributed by atoms with Crippen molar-refractivity contribution in [2.24, 2.45) is 0 Å². The second kappa shape index (κ2) is 5.96. The van der Waals surface area contributed by atoms with Crippen molar-refractivity contribution in [1.82, 2.24) is 13.6 Å². The van der Waals surface area contributed by atoms with Crippen molar-refractivity contribution in [3.05, 3.63) is 16.7 Å². The van der Waals surface area contributed by atoms with E-state index in [0.717, 1.165) is 9.37 Å². The molecule has 0 aliphatic carbocycles. The van der Waals surface area contributed by atoms with E-state index in [1.54, 1.807) is 6.20 Å². The van der Waals surface area contributed by atoms with Crippen molar-refractivity contribution in [1.29, 1.82) is 0 Å². The number of hydrogen-bond donors (Lipinski definition) is 1. The van der Waals surface area contributed by atoms with Gasteiger partial charge in [0.25, 0.3) is 0 Å². The summed E-state index contributed by atoms with van der Waals surface area (Å²) in [6.45, 7) is 2.35. The molecule has 1 aliphatic heterocycles. The largest absolute Gasteiger partial charge is 0.383 e. The van der Waals surface area contributed by atoms with Gasteiger partial charge in [-0.05, 0) is 33.9 Å². The minimum absolute atomic E-state index is 0.485. The molecule has 0 unspecified atom stereocenters. The van der Waals surface area contributed by atoms with Gasteiger partial charge in [0, 0.05) is 36.8 Å². The molecule has 0 radical (unpaired) electrons. The molecule has 106 valence electrons.